The number of carbonyl (C=O) groups excluding carboxylic acids is 1. The van der Waals surface area contributed by atoms with Crippen molar-refractivity contribution >= 4 is 23.2 Å². The van der Waals surface area contributed by atoms with Crippen molar-refractivity contribution in [2.75, 3.05) is 18.4 Å². The van der Waals surface area contributed by atoms with Crippen molar-refractivity contribution in [3.63, 3.8) is 0 Å². The minimum atomic E-state index is -0.238. The Morgan fingerprint density at radius 1 is 1.24 bits per heavy atom. The molecule has 1 N–H and O–H groups in total. The first kappa shape index (κ1) is 17.7. The monoisotopic (exact) mass is 361 g/mol. The lowest BCUT2D eigenvalue weighted by Crippen LogP contribution is -2.42. The Hall–Kier alpha value is -2.14. The second-order valence-electron chi connectivity index (χ2n) is 6.27. The predicted molar refractivity (Wildman–Crippen MR) is 97.2 cm³/mol. The summed E-state index contributed by atoms with van der Waals surface area (Å²) < 4.78 is 13.7. The van der Waals surface area contributed by atoms with E-state index < -0.39 is 0 Å². The Bertz CT molecular complexity index is 715. The van der Waals surface area contributed by atoms with E-state index in [1.54, 1.807) is 24.4 Å². The van der Waals surface area contributed by atoms with Crippen LogP contribution in [0.25, 0.3) is 0 Å². The molecule has 2 heterocycles. The number of amides is 1. The van der Waals surface area contributed by atoms with Crippen LogP contribution in [-0.2, 0) is 11.2 Å². The fourth-order valence-electron chi connectivity index (χ4n) is 3.04. The topological polar surface area (TPSA) is 45.2 Å². The first-order chi connectivity index (χ1) is 12.1. The van der Waals surface area contributed by atoms with Gasteiger partial charge in [-0.15, -0.1) is 0 Å². The number of pyridine rings is 1. The van der Waals surface area contributed by atoms with Gasteiger partial charge in [0.15, 0.2) is 0 Å². The number of nitrogens with one attached hydrogen (secondary N) is 1. The van der Waals surface area contributed by atoms with E-state index in [1.807, 2.05) is 17.0 Å². The summed E-state index contributed by atoms with van der Waals surface area (Å²) in [6, 6.07) is 10.5. The fraction of sp³-hybridized carbons (Fsp3) is 0.368. The van der Waals surface area contributed by atoms with Crippen LogP contribution < -0.4 is 5.32 Å². The second kappa shape index (κ2) is 8.30. The number of piperidine rings is 1. The van der Waals surface area contributed by atoms with E-state index >= 15 is 0 Å². The van der Waals surface area contributed by atoms with Gasteiger partial charge in [-0.05, 0) is 43.0 Å². The van der Waals surface area contributed by atoms with Crippen LogP contribution >= 0.6 is 11.6 Å². The zero-order valence-electron chi connectivity index (χ0n) is 13.9. The molecular weight excluding hydrogens is 341 g/mol. The van der Waals surface area contributed by atoms with Gasteiger partial charge in [0.05, 0.1) is 5.69 Å². The third kappa shape index (κ3) is 4.92. The van der Waals surface area contributed by atoms with E-state index in [1.165, 1.54) is 6.07 Å². The first-order valence-corrected chi connectivity index (χ1v) is 8.89. The molecule has 1 saturated heterocycles. The van der Waals surface area contributed by atoms with Crippen molar-refractivity contribution in [1.29, 1.82) is 0 Å². The molecule has 25 heavy (non-hydrogen) atoms. The molecule has 1 aromatic carbocycles. The molecule has 4 nitrogen and oxygen atoms in total. The molecule has 3 rings (SSSR count). The summed E-state index contributed by atoms with van der Waals surface area (Å²) in [7, 11) is 0. The van der Waals surface area contributed by atoms with Crippen LogP contribution in [0.2, 0.25) is 5.15 Å². The van der Waals surface area contributed by atoms with E-state index in [-0.39, 0.29) is 17.8 Å². The predicted octanol–water partition coefficient (Wildman–Crippen LogP) is 3.91. The van der Waals surface area contributed by atoms with Gasteiger partial charge in [0.2, 0.25) is 5.91 Å². The summed E-state index contributed by atoms with van der Waals surface area (Å²) in [6.07, 6.45) is 4.48. The van der Waals surface area contributed by atoms with Crippen molar-refractivity contribution in [1.82, 2.24) is 9.88 Å². The van der Waals surface area contributed by atoms with Crippen LogP contribution in [-0.4, -0.2) is 34.9 Å². The largest absolute Gasteiger partial charge is 0.380 e. The average Bonchev–Trinajstić information content (AvgIpc) is 2.63. The Kier molecular flexibility index (Phi) is 5.87. The van der Waals surface area contributed by atoms with Gasteiger partial charge in [-0.1, -0.05) is 29.8 Å². The molecule has 1 amide bonds. The van der Waals surface area contributed by atoms with Crippen LogP contribution in [0.15, 0.2) is 42.6 Å². The zero-order valence-corrected chi connectivity index (χ0v) is 14.7. The summed E-state index contributed by atoms with van der Waals surface area (Å²) in [4.78, 5) is 18.3. The van der Waals surface area contributed by atoms with Gasteiger partial charge < -0.3 is 10.2 Å². The highest BCUT2D eigenvalue weighted by Gasteiger charge is 2.23. The second-order valence-corrected chi connectivity index (χ2v) is 6.66. The van der Waals surface area contributed by atoms with Crippen molar-refractivity contribution in [2.45, 2.75) is 31.7 Å². The third-order valence-corrected chi connectivity index (χ3v) is 4.72. The number of hydrogen-bond donors (Lipinski definition) is 1. The number of rotatable bonds is 5. The molecule has 6 heteroatoms. The van der Waals surface area contributed by atoms with Crippen LogP contribution in [0.4, 0.5) is 10.1 Å². The lowest BCUT2D eigenvalue weighted by atomic mass is 10.0. The minimum Gasteiger partial charge on any atom is -0.380 e. The number of carbonyl (C=O) groups is 1. The van der Waals surface area contributed by atoms with Gasteiger partial charge in [0.1, 0.15) is 11.0 Å². The van der Waals surface area contributed by atoms with Crippen LogP contribution in [0.5, 0.6) is 0 Å². The quantitative estimate of drug-likeness (QED) is 0.821. The van der Waals surface area contributed by atoms with E-state index in [0.29, 0.717) is 36.8 Å². The third-order valence-electron chi connectivity index (χ3n) is 4.50. The minimum absolute atomic E-state index is 0.152. The number of benzene rings is 1. The van der Waals surface area contributed by atoms with Gasteiger partial charge >= 0.3 is 0 Å². The first-order valence-electron chi connectivity index (χ1n) is 8.51. The van der Waals surface area contributed by atoms with Crippen LogP contribution in [0.3, 0.4) is 0 Å². The van der Waals surface area contributed by atoms with Crippen molar-refractivity contribution < 1.29 is 9.18 Å². The van der Waals surface area contributed by atoms with Gasteiger partial charge in [-0.3, -0.25) is 4.79 Å². The Balaban J connectivity index is 1.44. The maximum Gasteiger partial charge on any atom is 0.222 e. The summed E-state index contributed by atoms with van der Waals surface area (Å²) >= 11 is 5.76. The molecule has 0 aliphatic carbocycles. The average molecular weight is 362 g/mol. The van der Waals surface area contributed by atoms with Crippen molar-refractivity contribution in [2.24, 2.45) is 0 Å². The highest BCUT2D eigenvalue weighted by atomic mass is 35.5. The molecule has 0 spiro atoms. The standard InChI is InChI=1S/C19H21ClFN3O/c20-18-7-5-14(13-22-18)6-8-19(25)24-11-9-15(10-12-24)23-17-4-2-1-3-16(17)21/h1-5,7,13,15,23H,6,8-12H2. The molecule has 0 unspecified atom stereocenters. The molecule has 132 valence electrons. The highest BCUT2D eigenvalue weighted by Crippen LogP contribution is 2.20. The molecule has 1 aliphatic rings. The highest BCUT2D eigenvalue weighted by molar-refractivity contribution is 6.29. The number of nitrogens with zero attached hydrogens (tertiary/aromatic N) is 2. The van der Waals surface area contributed by atoms with E-state index in [9.17, 15) is 9.18 Å². The molecule has 1 fully saturated rings. The maximum absolute atomic E-state index is 13.7. The van der Waals surface area contributed by atoms with E-state index in [4.69, 9.17) is 11.6 Å². The summed E-state index contributed by atoms with van der Waals surface area (Å²) in [5.41, 5.74) is 1.54. The van der Waals surface area contributed by atoms with Crippen molar-refractivity contribution in [3.8, 4) is 0 Å². The van der Waals surface area contributed by atoms with E-state index in [2.05, 4.69) is 10.3 Å². The summed E-state index contributed by atoms with van der Waals surface area (Å²) in [5.74, 6) is -0.0862. The number of likely N-dealkylation sites (tertiary alicyclic amines) is 1. The molecule has 0 radical (unpaired) electrons. The Labute approximate surface area is 152 Å². The Morgan fingerprint density at radius 2 is 2.00 bits per heavy atom. The number of hydrogen-bond acceptors (Lipinski definition) is 3. The van der Waals surface area contributed by atoms with Gasteiger partial charge in [-0.2, -0.15) is 0 Å². The summed E-state index contributed by atoms with van der Waals surface area (Å²) in [6.45, 7) is 1.40. The SMILES string of the molecule is O=C(CCc1ccc(Cl)nc1)N1CCC(Nc2ccccc2F)CC1. The van der Waals surface area contributed by atoms with Crippen molar-refractivity contribution in [3.05, 3.63) is 59.1 Å². The Morgan fingerprint density at radius 3 is 2.68 bits per heavy atom. The lowest BCUT2D eigenvalue weighted by molar-refractivity contribution is -0.132. The van der Waals surface area contributed by atoms with Gasteiger partial charge in [-0.25, -0.2) is 9.37 Å². The van der Waals surface area contributed by atoms with Gasteiger partial charge in [0.25, 0.3) is 0 Å². The van der Waals surface area contributed by atoms with Gasteiger partial charge in [0, 0.05) is 31.7 Å². The molecule has 1 aliphatic heterocycles. The lowest BCUT2D eigenvalue weighted by Gasteiger charge is -2.33. The molecule has 0 saturated carbocycles. The van der Waals surface area contributed by atoms with Crippen LogP contribution in [0.1, 0.15) is 24.8 Å². The zero-order chi connectivity index (χ0) is 17.6. The number of aryl methyl sites for hydroxylation is 1. The number of para-hydroxylation sites is 1. The molecule has 2 aromatic rings. The summed E-state index contributed by atoms with van der Waals surface area (Å²) in [5, 5.41) is 3.70. The normalized spacial score (nSPS) is 15.2. The van der Waals surface area contributed by atoms with E-state index in [0.717, 1.165) is 18.4 Å². The fourth-order valence-corrected chi connectivity index (χ4v) is 3.15. The number of halogens is 2. The number of anilines is 1. The van der Waals surface area contributed by atoms with Crippen LogP contribution in [0, 0.1) is 5.82 Å². The smallest absolute Gasteiger partial charge is 0.222 e. The molecular formula is C19H21ClFN3O. The maximum atomic E-state index is 13.7. The molecule has 0 bridgehead atoms. The number of aromatic nitrogens is 1. The molecule has 0 atom stereocenters. The molecule has 1 aromatic heterocycles.